The molecule has 1 aliphatic heterocycles. The molecule has 0 amide bonds. The van der Waals surface area contributed by atoms with Gasteiger partial charge in [-0.2, -0.15) is 0 Å². The van der Waals surface area contributed by atoms with Gasteiger partial charge in [-0.25, -0.2) is 4.39 Å². The predicted molar refractivity (Wildman–Crippen MR) is 85.0 cm³/mol. The standard InChI is InChI=1S/C16H25FN4/c1-18-16(21-10-4-5-11-21)19-12-15(20(2)3)13-6-8-14(17)9-7-13/h6-9,15H,4-5,10-12H2,1-3H3,(H,18,19). The van der Waals surface area contributed by atoms with Crippen LogP contribution in [0.3, 0.4) is 0 Å². The number of hydrogen-bond donors (Lipinski definition) is 1. The maximum atomic E-state index is 13.1. The van der Waals surface area contributed by atoms with Crippen molar-refractivity contribution in [3.63, 3.8) is 0 Å². The van der Waals surface area contributed by atoms with E-state index in [9.17, 15) is 4.39 Å². The van der Waals surface area contributed by atoms with Crippen LogP contribution in [0.2, 0.25) is 0 Å². The molecule has 4 nitrogen and oxygen atoms in total. The summed E-state index contributed by atoms with van der Waals surface area (Å²) in [7, 11) is 5.89. The van der Waals surface area contributed by atoms with E-state index in [0.29, 0.717) is 0 Å². The number of benzene rings is 1. The normalized spacial score (nSPS) is 17.4. The van der Waals surface area contributed by atoms with Gasteiger partial charge in [-0.3, -0.25) is 4.99 Å². The minimum absolute atomic E-state index is 0.185. The summed E-state index contributed by atoms with van der Waals surface area (Å²) in [5.74, 6) is 0.763. The molecule has 0 aromatic heterocycles. The van der Waals surface area contributed by atoms with E-state index in [0.717, 1.165) is 31.2 Å². The lowest BCUT2D eigenvalue weighted by molar-refractivity contribution is 0.295. The highest BCUT2D eigenvalue weighted by Gasteiger charge is 2.19. The van der Waals surface area contributed by atoms with E-state index in [2.05, 4.69) is 20.1 Å². The molecule has 1 N–H and O–H groups in total. The molecule has 1 aromatic carbocycles. The van der Waals surface area contributed by atoms with E-state index in [1.165, 1.54) is 25.0 Å². The highest BCUT2D eigenvalue weighted by molar-refractivity contribution is 5.80. The van der Waals surface area contributed by atoms with Crippen LogP contribution in [0.15, 0.2) is 29.3 Å². The van der Waals surface area contributed by atoms with Crippen LogP contribution in [0.1, 0.15) is 24.4 Å². The summed E-state index contributed by atoms with van der Waals surface area (Å²) in [5.41, 5.74) is 1.10. The number of aliphatic imine (C=N–C) groups is 1. The monoisotopic (exact) mass is 292 g/mol. The molecule has 1 unspecified atom stereocenters. The fourth-order valence-electron chi connectivity index (χ4n) is 2.73. The molecule has 1 atom stereocenters. The first-order chi connectivity index (χ1) is 10.1. The van der Waals surface area contributed by atoms with E-state index in [-0.39, 0.29) is 11.9 Å². The summed E-state index contributed by atoms with van der Waals surface area (Å²) < 4.78 is 13.1. The minimum atomic E-state index is -0.197. The van der Waals surface area contributed by atoms with Gasteiger partial charge in [0, 0.05) is 26.7 Å². The van der Waals surface area contributed by atoms with Gasteiger partial charge >= 0.3 is 0 Å². The van der Waals surface area contributed by atoms with Crippen molar-refractivity contribution in [2.75, 3.05) is 40.8 Å². The van der Waals surface area contributed by atoms with Crippen molar-refractivity contribution in [2.45, 2.75) is 18.9 Å². The topological polar surface area (TPSA) is 30.9 Å². The molecule has 0 saturated carbocycles. The lowest BCUT2D eigenvalue weighted by atomic mass is 10.1. The van der Waals surface area contributed by atoms with E-state index in [4.69, 9.17) is 0 Å². The van der Waals surface area contributed by atoms with Gasteiger partial charge in [-0.15, -0.1) is 0 Å². The second-order valence-electron chi connectivity index (χ2n) is 5.65. The Kier molecular flexibility index (Phi) is 5.56. The highest BCUT2D eigenvalue weighted by atomic mass is 19.1. The molecule has 1 saturated heterocycles. The van der Waals surface area contributed by atoms with Gasteiger partial charge in [0.2, 0.25) is 0 Å². The summed E-state index contributed by atoms with van der Waals surface area (Å²) >= 11 is 0. The Morgan fingerprint density at radius 3 is 2.43 bits per heavy atom. The molecule has 5 heteroatoms. The molecular weight excluding hydrogens is 267 g/mol. The summed E-state index contributed by atoms with van der Waals surface area (Å²) in [4.78, 5) is 8.79. The van der Waals surface area contributed by atoms with Crippen molar-refractivity contribution >= 4 is 5.96 Å². The van der Waals surface area contributed by atoms with Gasteiger partial charge in [-0.1, -0.05) is 12.1 Å². The molecule has 1 heterocycles. The summed E-state index contributed by atoms with van der Waals surface area (Å²) in [5, 5.41) is 3.45. The Bertz CT molecular complexity index is 464. The fraction of sp³-hybridized carbons (Fsp3) is 0.562. The lowest BCUT2D eigenvalue weighted by Gasteiger charge is -2.28. The summed E-state index contributed by atoms with van der Waals surface area (Å²) in [6, 6.07) is 6.91. The second-order valence-corrected chi connectivity index (χ2v) is 5.65. The average molecular weight is 292 g/mol. The fourth-order valence-corrected chi connectivity index (χ4v) is 2.73. The van der Waals surface area contributed by atoms with Crippen molar-refractivity contribution in [1.29, 1.82) is 0 Å². The largest absolute Gasteiger partial charge is 0.354 e. The molecule has 1 aromatic rings. The number of rotatable bonds is 4. The van der Waals surface area contributed by atoms with Crippen molar-refractivity contribution in [1.82, 2.24) is 15.1 Å². The molecular formula is C16H25FN4. The van der Waals surface area contributed by atoms with Gasteiger partial charge in [0.15, 0.2) is 5.96 Å². The summed E-state index contributed by atoms with van der Waals surface area (Å²) in [6.45, 7) is 2.90. The molecule has 0 aliphatic carbocycles. The van der Waals surface area contributed by atoms with Gasteiger partial charge in [0.1, 0.15) is 5.82 Å². The van der Waals surface area contributed by atoms with Crippen molar-refractivity contribution < 1.29 is 4.39 Å². The molecule has 1 aliphatic rings. The number of hydrogen-bond acceptors (Lipinski definition) is 2. The Morgan fingerprint density at radius 1 is 1.29 bits per heavy atom. The maximum absolute atomic E-state index is 13.1. The number of nitrogens with zero attached hydrogens (tertiary/aromatic N) is 3. The van der Waals surface area contributed by atoms with Gasteiger partial charge in [-0.05, 0) is 44.6 Å². The zero-order valence-electron chi connectivity index (χ0n) is 13.1. The Balaban J connectivity index is 2.01. The van der Waals surface area contributed by atoms with Crippen LogP contribution in [0.5, 0.6) is 0 Å². The Hall–Kier alpha value is -1.62. The van der Waals surface area contributed by atoms with Gasteiger partial charge < -0.3 is 15.1 Å². The minimum Gasteiger partial charge on any atom is -0.354 e. The van der Waals surface area contributed by atoms with Crippen LogP contribution in [0.25, 0.3) is 0 Å². The van der Waals surface area contributed by atoms with Crippen molar-refractivity contribution in [2.24, 2.45) is 4.99 Å². The Morgan fingerprint density at radius 2 is 1.90 bits per heavy atom. The first kappa shape index (κ1) is 15.8. The van der Waals surface area contributed by atoms with Crippen molar-refractivity contribution in [3.05, 3.63) is 35.6 Å². The number of likely N-dealkylation sites (tertiary alicyclic amines) is 1. The van der Waals surface area contributed by atoms with Gasteiger partial charge in [0.25, 0.3) is 0 Å². The maximum Gasteiger partial charge on any atom is 0.193 e. The predicted octanol–water partition coefficient (Wildman–Crippen LogP) is 2.10. The zero-order chi connectivity index (χ0) is 15.2. The van der Waals surface area contributed by atoms with Crippen LogP contribution in [0.4, 0.5) is 4.39 Å². The van der Waals surface area contributed by atoms with E-state index >= 15 is 0 Å². The first-order valence-corrected chi connectivity index (χ1v) is 7.49. The quantitative estimate of drug-likeness (QED) is 0.681. The number of nitrogens with one attached hydrogen (secondary N) is 1. The molecule has 0 radical (unpaired) electrons. The third kappa shape index (κ3) is 4.17. The Labute approximate surface area is 126 Å². The van der Waals surface area contributed by atoms with Crippen LogP contribution < -0.4 is 5.32 Å². The second kappa shape index (κ2) is 7.41. The van der Waals surface area contributed by atoms with Gasteiger partial charge in [0.05, 0.1) is 6.04 Å². The molecule has 1 fully saturated rings. The molecule has 0 spiro atoms. The average Bonchev–Trinajstić information content (AvgIpc) is 2.99. The first-order valence-electron chi connectivity index (χ1n) is 7.49. The lowest BCUT2D eigenvalue weighted by Crippen LogP contribution is -2.43. The highest BCUT2D eigenvalue weighted by Crippen LogP contribution is 2.18. The third-order valence-electron chi connectivity index (χ3n) is 3.95. The number of halogens is 1. The van der Waals surface area contributed by atoms with E-state index in [1.54, 1.807) is 0 Å². The number of likely N-dealkylation sites (N-methyl/N-ethyl adjacent to an activating group) is 1. The number of guanidine groups is 1. The smallest absolute Gasteiger partial charge is 0.193 e. The van der Waals surface area contributed by atoms with Crippen LogP contribution in [0, 0.1) is 5.82 Å². The van der Waals surface area contributed by atoms with Crippen molar-refractivity contribution in [3.8, 4) is 0 Å². The zero-order valence-corrected chi connectivity index (χ0v) is 13.1. The molecule has 116 valence electrons. The van der Waals surface area contributed by atoms with E-state index in [1.807, 2.05) is 33.3 Å². The molecule has 0 bridgehead atoms. The van der Waals surface area contributed by atoms with Crippen LogP contribution in [-0.4, -0.2) is 56.5 Å². The molecule has 21 heavy (non-hydrogen) atoms. The summed E-state index contributed by atoms with van der Waals surface area (Å²) in [6.07, 6.45) is 2.46. The third-order valence-corrected chi connectivity index (χ3v) is 3.95. The van der Waals surface area contributed by atoms with Crippen LogP contribution >= 0.6 is 0 Å². The molecule has 2 rings (SSSR count). The van der Waals surface area contributed by atoms with E-state index < -0.39 is 0 Å². The van der Waals surface area contributed by atoms with Crippen LogP contribution in [-0.2, 0) is 0 Å². The SMILES string of the molecule is CN=C(NCC(c1ccc(F)cc1)N(C)C)N1CCCC1.